The summed E-state index contributed by atoms with van der Waals surface area (Å²) >= 11 is 0. The summed E-state index contributed by atoms with van der Waals surface area (Å²) in [5, 5.41) is 12.0. The van der Waals surface area contributed by atoms with Gasteiger partial charge in [0.25, 0.3) is 0 Å². The van der Waals surface area contributed by atoms with Gasteiger partial charge in [0.15, 0.2) is 0 Å². The molecule has 5 nitrogen and oxygen atoms in total. The second-order valence-electron chi connectivity index (χ2n) is 4.34. The minimum atomic E-state index is -1.03. The van der Waals surface area contributed by atoms with Crippen molar-refractivity contribution in [2.24, 2.45) is 0 Å². The lowest BCUT2D eigenvalue weighted by molar-refractivity contribution is 0.0659. The van der Waals surface area contributed by atoms with Crippen LogP contribution in [0.4, 0.5) is 0 Å². The maximum atomic E-state index is 10.7. The van der Waals surface area contributed by atoms with Crippen molar-refractivity contribution < 1.29 is 14.3 Å². The summed E-state index contributed by atoms with van der Waals surface area (Å²) in [5.41, 5.74) is 0. The lowest BCUT2D eigenvalue weighted by Gasteiger charge is -2.13. The lowest BCUT2D eigenvalue weighted by Crippen LogP contribution is -2.23. The van der Waals surface area contributed by atoms with Crippen molar-refractivity contribution >= 4 is 5.97 Å². The van der Waals surface area contributed by atoms with Gasteiger partial charge in [0.2, 0.25) is 5.76 Å². The number of carboxylic acid groups (broad SMARTS) is 1. The fourth-order valence-corrected chi connectivity index (χ4v) is 1.51. The van der Waals surface area contributed by atoms with Gasteiger partial charge >= 0.3 is 5.97 Å². The normalized spacial score (nSPS) is 12.9. The fraction of sp³-hybridized carbons (Fsp3) is 0.583. The molecule has 0 bridgehead atoms. The molecule has 0 aromatic carbocycles. The Balaban J connectivity index is 2.36. The zero-order valence-electron chi connectivity index (χ0n) is 10.6. The van der Waals surface area contributed by atoms with Crippen LogP contribution in [-0.4, -0.2) is 43.2 Å². The molecule has 2 N–H and O–H groups in total. The molecule has 5 heteroatoms. The standard InChI is InChI=1S/C12H20N2O3/c1-9(13-7-4-8-14(2)3)10-5-6-11(17-10)12(15)16/h5-6,9,13H,4,7-8H2,1-3H3,(H,15,16). The molecule has 0 saturated carbocycles. The molecule has 96 valence electrons. The molecule has 0 aliphatic heterocycles. The number of carbonyl (C=O) groups is 1. The molecule has 0 spiro atoms. The Hall–Kier alpha value is -1.33. The van der Waals surface area contributed by atoms with Gasteiger partial charge in [-0.3, -0.25) is 0 Å². The van der Waals surface area contributed by atoms with Crippen LogP contribution in [0.1, 0.15) is 35.7 Å². The molecule has 1 atom stereocenters. The Morgan fingerprint density at radius 2 is 2.24 bits per heavy atom. The number of hydrogen-bond donors (Lipinski definition) is 2. The number of hydrogen-bond acceptors (Lipinski definition) is 4. The van der Waals surface area contributed by atoms with Crippen LogP contribution in [-0.2, 0) is 0 Å². The van der Waals surface area contributed by atoms with Crippen molar-refractivity contribution in [3.8, 4) is 0 Å². The van der Waals surface area contributed by atoms with Gasteiger partial charge in [-0.15, -0.1) is 0 Å². The van der Waals surface area contributed by atoms with E-state index in [9.17, 15) is 4.79 Å². The first-order chi connectivity index (χ1) is 8.00. The Labute approximate surface area is 101 Å². The Bertz CT molecular complexity index is 360. The van der Waals surface area contributed by atoms with Crippen LogP contribution >= 0.6 is 0 Å². The number of nitrogens with one attached hydrogen (secondary N) is 1. The quantitative estimate of drug-likeness (QED) is 0.708. The zero-order valence-corrected chi connectivity index (χ0v) is 10.6. The van der Waals surface area contributed by atoms with Crippen molar-refractivity contribution in [2.75, 3.05) is 27.2 Å². The van der Waals surface area contributed by atoms with Crippen molar-refractivity contribution in [3.63, 3.8) is 0 Å². The molecule has 1 aromatic rings. The van der Waals surface area contributed by atoms with Crippen LogP contribution in [0.2, 0.25) is 0 Å². The second-order valence-corrected chi connectivity index (χ2v) is 4.34. The van der Waals surface area contributed by atoms with Crippen LogP contribution in [0.15, 0.2) is 16.5 Å². The molecule has 0 aliphatic rings. The largest absolute Gasteiger partial charge is 0.475 e. The van der Waals surface area contributed by atoms with Crippen LogP contribution in [0.25, 0.3) is 0 Å². The van der Waals surface area contributed by atoms with E-state index in [2.05, 4.69) is 10.2 Å². The molecule has 1 rings (SSSR count). The van der Waals surface area contributed by atoms with Gasteiger partial charge in [-0.25, -0.2) is 4.79 Å². The molecule has 0 radical (unpaired) electrons. The average Bonchev–Trinajstić information content (AvgIpc) is 2.73. The topological polar surface area (TPSA) is 65.7 Å². The highest BCUT2D eigenvalue weighted by Crippen LogP contribution is 2.16. The van der Waals surface area contributed by atoms with Crippen LogP contribution < -0.4 is 5.32 Å². The minimum Gasteiger partial charge on any atom is -0.475 e. The monoisotopic (exact) mass is 240 g/mol. The first kappa shape index (κ1) is 13.7. The first-order valence-corrected chi connectivity index (χ1v) is 5.72. The number of rotatable bonds is 7. The van der Waals surface area contributed by atoms with Gasteiger partial charge in [-0.2, -0.15) is 0 Å². The van der Waals surface area contributed by atoms with E-state index in [1.165, 1.54) is 6.07 Å². The van der Waals surface area contributed by atoms with E-state index in [0.29, 0.717) is 5.76 Å². The van der Waals surface area contributed by atoms with Crippen molar-refractivity contribution in [1.82, 2.24) is 10.2 Å². The van der Waals surface area contributed by atoms with Gasteiger partial charge in [-0.1, -0.05) is 0 Å². The van der Waals surface area contributed by atoms with Crippen LogP contribution in [0, 0.1) is 0 Å². The highest BCUT2D eigenvalue weighted by atomic mass is 16.4. The molecule has 1 heterocycles. The number of aromatic carboxylic acids is 1. The third kappa shape index (κ3) is 4.58. The maximum absolute atomic E-state index is 10.7. The predicted octanol–water partition coefficient (Wildman–Crippen LogP) is 1.58. The minimum absolute atomic E-state index is 0.0121. The highest BCUT2D eigenvalue weighted by Gasteiger charge is 2.13. The van der Waals surface area contributed by atoms with E-state index >= 15 is 0 Å². The molecular formula is C12H20N2O3. The summed E-state index contributed by atoms with van der Waals surface area (Å²) in [6.07, 6.45) is 1.05. The zero-order chi connectivity index (χ0) is 12.8. The third-order valence-corrected chi connectivity index (χ3v) is 2.50. The summed E-state index contributed by atoms with van der Waals surface area (Å²) in [4.78, 5) is 12.8. The molecular weight excluding hydrogens is 220 g/mol. The van der Waals surface area contributed by atoms with E-state index in [1.54, 1.807) is 6.07 Å². The molecule has 0 fully saturated rings. The van der Waals surface area contributed by atoms with Crippen LogP contribution in [0.3, 0.4) is 0 Å². The van der Waals surface area contributed by atoms with Gasteiger partial charge in [0, 0.05) is 0 Å². The van der Waals surface area contributed by atoms with E-state index in [4.69, 9.17) is 9.52 Å². The second kappa shape index (κ2) is 6.42. The number of carboxylic acids is 1. The van der Waals surface area contributed by atoms with Crippen LogP contribution in [0.5, 0.6) is 0 Å². The molecule has 1 unspecified atom stereocenters. The summed E-state index contributed by atoms with van der Waals surface area (Å²) in [5.74, 6) is -0.384. The van der Waals surface area contributed by atoms with Gasteiger partial charge in [-0.05, 0) is 52.7 Å². The first-order valence-electron chi connectivity index (χ1n) is 5.72. The Morgan fingerprint density at radius 1 is 1.53 bits per heavy atom. The van der Waals surface area contributed by atoms with E-state index in [0.717, 1.165) is 19.5 Å². The molecule has 17 heavy (non-hydrogen) atoms. The maximum Gasteiger partial charge on any atom is 0.371 e. The average molecular weight is 240 g/mol. The summed E-state index contributed by atoms with van der Waals surface area (Å²) in [6, 6.07) is 3.22. The summed E-state index contributed by atoms with van der Waals surface area (Å²) in [7, 11) is 4.07. The van der Waals surface area contributed by atoms with E-state index in [1.807, 2.05) is 21.0 Å². The highest BCUT2D eigenvalue weighted by molar-refractivity contribution is 5.84. The summed E-state index contributed by atoms with van der Waals surface area (Å²) in [6.45, 7) is 3.86. The molecule has 1 aromatic heterocycles. The van der Waals surface area contributed by atoms with E-state index in [-0.39, 0.29) is 11.8 Å². The Kier molecular flexibility index (Phi) is 5.18. The lowest BCUT2D eigenvalue weighted by atomic mass is 10.2. The van der Waals surface area contributed by atoms with Gasteiger partial charge in [0.05, 0.1) is 6.04 Å². The van der Waals surface area contributed by atoms with Gasteiger partial charge < -0.3 is 19.7 Å². The number of furan rings is 1. The van der Waals surface area contributed by atoms with Crippen molar-refractivity contribution in [3.05, 3.63) is 23.7 Å². The summed E-state index contributed by atoms with van der Waals surface area (Å²) < 4.78 is 5.21. The predicted molar refractivity (Wildman–Crippen MR) is 65.3 cm³/mol. The third-order valence-electron chi connectivity index (χ3n) is 2.50. The Morgan fingerprint density at radius 3 is 2.76 bits per heavy atom. The molecule has 0 saturated heterocycles. The SMILES string of the molecule is CC(NCCCN(C)C)c1ccc(C(=O)O)o1. The molecule has 0 amide bonds. The smallest absolute Gasteiger partial charge is 0.371 e. The molecule has 0 aliphatic carbocycles. The fourth-order valence-electron chi connectivity index (χ4n) is 1.51. The number of nitrogens with zero attached hydrogens (tertiary/aromatic N) is 1. The van der Waals surface area contributed by atoms with E-state index < -0.39 is 5.97 Å². The van der Waals surface area contributed by atoms with Gasteiger partial charge in [0.1, 0.15) is 5.76 Å². The van der Waals surface area contributed by atoms with Crippen molar-refractivity contribution in [1.29, 1.82) is 0 Å². The van der Waals surface area contributed by atoms with Crippen molar-refractivity contribution in [2.45, 2.75) is 19.4 Å².